The molecule has 0 amide bonds. The second kappa shape index (κ2) is 4.32. The number of hydrogen-bond donors (Lipinski definition) is 0. The Balaban J connectivity index is 3.22. The lowest BCUT2D eigenvalue weighted by Crippen LogP contribution is -1.81. The average Bonchev–Trinajstić information content (AvgIpc) is 2.09. The van der Waals surface area contributed by atoms with Crippen LogP contribution in [0.5, 0.6) is 0 Å². The van der Waals surface area contributed by atoms with E-state index in [1.165, 1.54) is 6.08 Å². The maximum absolute atomic E-state index is 8.46. The van der Waals surface area contributed by atoms with Crippen LogP contribution in [-0.2, 0) is 0 Å². The first-order valence-electron chi connectivity index (χ1n) is 3.67. The van der Waals surface area contributed by atoms with Crippen LogP contribution in [0.2, 0.25) is 10.0 Å². The Morgan fingerprint density at radius 2 is 2.15 bits per heavy atom. The van der Waals surface area contributed by atoms with Crippen molar-refractivity contribution in [3.63, 3.8) is 0 Å². The minimum atomic E-state index is 0.605. The molecule has 0 aromatic heterocycles. The van der Waals surface area contributed by atoms with Gasteiger partial charge in [-0.05, 0) is 36.3 Å². The summed E-state index contributed by atoms with van der Waals surface area (Å²) in [6, 6.07) is 7.12. The molecule has 1 aromatic rings. The van der Waals surface area contributed by atoms with Crippen molar-refractivity contribution in [1.82, 2.24) is 0 Å². The topological polar surface area (TPSA) is 23.8 Å². The van der Waals surface area contributed by atoms with Crippen LogP contribution < -0.4 is 0 Å². The van der Waals surface area contributed by atoms with Crippen LogP contribution in [-0.4, -0.2) is 0 Å². The minimum absolute atomic E-state index is 0.605. The summed E-state index contributed by atoms with van der Waals surface area (Å²) < 4.78 is 0. The second-order valence-corrected chi connectivity index (χ2v) is 3.42. The van der Waals surface area contributed by atoms with Crippen molar-refractivity contribution in [3.8, 4) is 6.07 Å². The Bertz CT molecular complexity index is 388. The molecule has 0 spiro atoms. The molecule has 66 valence electrons. The monoisotopic (exact) mass is 211 g/mol. The first kappa shape index (κ1) is 10.1. The van der Waals surface area contributed by atoms with Crippen molar-refractivity contribution in [2.24, 2.45) is 0 Å². The third-order valence-electron chi connectivity index (χ3n) is 1.63. The molecule has 0 N–H and O–H groups in total. The summed E-state index contributed by atoms with van der Waals surface area (Å²) in [7, 11) is 0. The first-order valence-corrected chi connectivity index (χ1v) is 4.42. The zero-order valence-corrected chi connectivity index (χ0v) is 8.52. The van der Waals surface area contributed by atoms with Crippen molar-refractivity contribution >= 4 is 28.8 Å². The predicted octanol–water partition coefficient (Wildman–Crippen LogP) is 3.92. The average molecular weight is 212 g/mol. The fraction of sp³-hybridized carbons (Fsp3) is 0.100. The molecular formula is C10H7Cl2N. The van der Waals surface area contributed by atoms with Crippen LogP contribution in [0.15, 0.2) is 24.3 Å². The van der Waals surface area contributed by atoms with Crippen LogP contribution in [0.25, 0.3) is 5.57 Å². The molecule has 0 fully saturated rings. The first-order chi connectivity index (χ1) is 6.15. The molecule has 13 heavy (non-hydrogen) atoms. The van der Waals surface area contributed by atoms with E-state index in [1.807, 2.05) is 13.0 Å². The lowest BCUT2D eigenvalue weighted by atomic mass is 10.1. The van der Waals surface area contributed by atoms with Crippen LogP contribution in [0, 0.1) is 11.3 Å². The summed E-state index contributed by atoms with van der Waals surface area (Å²) in [5.41, 5.74) is 1.62. The molecule has 3 heteroatoms. The van der Waals surface area contributed by atoms with Gasteiger partial charge >= 0.3 is 0 Å². The molecule has 0 bridgehead atoms. The van der Waals surface area contributed by atoms with E-state index >= 15 is 0 Å². The normalized spacial score (nSPS) is 11.1. The number of rotatable bonds is 1. The Morgan fingerprint density at radius 3 is 2.77 bits per heavy atom. The summed E-state index contributed by atoms with van der Waals surface area (Å²) in [5.74, 6) is 0. The number of benzene rings is 1. The van der Waals surface area contributed by atoms with Crippen molar-refractivity contribution in [2.45, 2.75) is 6.92 Å². The quantitative estimate of drug-likeness (QED) is 0.647. The predicted molar refractivity (Wildman–Crippen MR) is 55.7 cm³/mol. The van der Waals surface area contributed by atoms with Crippen molar-refractivity contribution in [3.05, 3.63) is 39.9 Å². The molecule has 0 radical (unpaired) electrons. The van der Waals surface area contributed by atoms with Gasteiger partial charge in [-0.25, -0.2) is 0 Å². The molecule has 1 rings (SSSR count). The summed E-state index contributed by atoms with van der Waals surface area (Å²) >= 11 is 11.7. The van der Waals surface area contributed by atoms with E-state index < -0.39 is 0 Å². The maximum atomic E-state index is 8.46. The van der Waals surface area contributed by atoms with Crippen LogP contribution in [0.4, 0.5) is 0 Å². The fourth-order valence-electron chi connectivity index (χ4n) is 0.974. The van der Waals surface area contributed by atoms with Gasteiger partial charge in [-0.15, -0.1) is 0 Å². The summed E-state index contributed by atoms with van der Waals surface area (Å²) in [6.45, 7) is 1.82. The van der Waals surface area contributed by atoms with Gasteiger partial charge in [-0.1, -0.05) is 23.2 Å². The van der Waals surface area contributed by atoms with E-state index in [0.717, 1.165) is 11.1 Å². The molecule has 0 unspecified atom stereocenters. The number of halogens is 2. The zero-order valence-electron chi connectivity index (χ0n) is 7.01. The third kappa shape index (κ3) is 2.48. The second-order valence-electron chi connectivity index (χ2n) is 2.58. The van der Waals surface area contributed by atoms with Crippen molar-refractivity contribution in [2.75, 3.05) is 0 Å². The smallest absolute Gasteiger partial charge is 0.0915 e. The number of nitrogens with zero attached hydrogens (tertiary/aromatic N) is 1. The molecule has 0 aliphatic heterocycles. The van der Waals surface area contributed by atoms with E-state index in [2.05, 4.69) is 0 Å². The van der Waals surface area contributed by atoms with E-state index in [-0.39, 0.29) is 0 Å². The van der Waals surface area contributed by atoms with E-state index in [0.29, 0.717) is 10.0 Å². The summed E-state index contributed by atoms with van der Waals surface area (Å²) in [4.78, 5) is 0. The standard InChI is InChI=1S/C10H7Cl2N/c1-7(4-5-13)9-6-8(11)2-3-10(9)12/h2-4,6H,1H3. The zero-order chi connectivity index (χ0) is 9.84. The molecule has 0 heterocycles. The molecular weight excluding hydrogens is 205 g/mol. The molecule has 0 aliphatic rings. The Labute approximate surface area is 87.2 Å². The van der Waals surface area contributed by atoms with Gasteiger partial charge in [0.05, 0.1) is 6.07 Å². The Kier molecular flexibility index (Phi) is 3.36. The fourth-order valence-corrected chi connectivity index (χ4v) is 1.41. The van der Waals surface area contributed by atoms with Crippen LogP contribution >= 0.6 is 23.2 Å². The van der Waals surface area contributed by atoms with Gasteiger partial charge in [0.1, 0.15) is 0 Å². The van der Waals surface area contributed by atoms with Crippen LogP contribution in [0.3, 0.4) is 0 Å². The molecule has 0 aliphatic carbocycles. The number of nitriles is 1. The summed E-state index contributed by atoms with van der Waals surface area (Å²) in [6.07, 6.45) is 1.44. The highest BCUT2D eigenvalue weighted by atomic mass is 35.5. The van der Waals surface area contributed by atoms with Gasteiger partial charge < -0.3 is 0 Å². The SMILES string of the molecule is CC(=CC#N)c1cc(Cl)ccc1Cl. The minimum Gasteiger partial charge on any atom is -0.193 e. The van der Waals surface area contributed by atoms with Gasteiger partial charge in [-0.2, -0.15) is 5.26 Å². The molecule has 0 saturated heterocycles. The van der Waals surface area contributed by atoms with Gasteiger partial charge in [0.25, 0.3) is 0 Å². The van der Waals surface area contributed by atoms with Gasteiger partial charge in [0.2, 0.25) is 0 Å². The highest BCUT2D eigenvalue weighted by Crippen LogP contribution is 2.26. The number of allylic oxidation sites excluding steroid dienone is 2. The molecule has 1 aromatic carbocycles. The van der Waals surface area contributed by atoms with Gasteiger partial charge in [-0.3, -0.25) is 0 Å². The Hall–Kier alpha value is -0.970. The van der Waals surface area contributed by atoms with Crippen LogP contribution in [0.1, 0.15) is 12.5 Å². The van der Waals surface area contributed by atoms with E-state index in [1.54, 1.807) is 18.2 Å². The van der Waals surface area contributed by atoms with Gasteiger partial charge in [0, 0.05) is 16.1 Å². The lowest BCUT2D eigenvalue weighted by Gasteiger charge is -2.03. The molecule has 1 nitrogen and oxygen atoms in total. The highest BCUT2D eigenvalue weighted by Gasteiger charge is 2.02. The van der Waals surface area contributed by atoms with E-state index in [4.69, 9.17) is 28.5 Å². The summed E-state index contributed by atoms with van der Waals surface area (Å²) in [5, 5.41) is 9.68. The molecule has 0 atom stereocenters. The van der Waals surface area contributed by atoms with Gasteiger partial charge in [0.15, 0.2) is 0 Å². The highest BCUT2D eigenvalue weighted by molar-refractivity contribution is 6.34. The van der Waals surface area contributed by atoms with Crippen molar-refractivity contribution in [1.29, 1.82) is 5.26 Å². The number of hydrogen-bond acceptors (Lipinski definition) is 1. The Morgan fingerprint density at radius 1 is 1.46 bits per heavy atom. The van der Waals surface area contributed by atoms with E-state index in [9.17, 15) is 0 Å². The van der Waals surface area contributed by atoms with Crippen molar-refractivity contribution < 1.29 is 0 Å². The third-order valence-corrected chi connectivity index (χ3v) is 2.20. The maximum Gasteiger partial charge on any atom is 0.0915 e. The lowest BCUT2D eigenvalue weighted by molar-refractivity contribution is 1.51. The molecule has 0 saturated carbocycles. The largest absolute Gasteiger partial charge is 0.193 e.